The first-order valence-electron chi connectivity index (χ1n) is 7.72. The molecule has 1 heterocycles. The van der Waals surface area contributed by atoms with Crippen molar-refractivity contribution < 1.29 is 4.74 Å². The first kappa shape index (κ1) is 15.5. The molecule has 0 radical (unpaired) electrons. The van der Waals surface area contributed by atoms with Gasteiger partial charge >= 0.3 is 0 Å². The van der Waals surface area contributed by atoms with Crippen molar-refractivity contribution in [3.8, 4) is 0 Å². The summed E-state index contributed by atoms with van der Waals surface area (Å²) in [5, 5.41) is 0. The van der Waals surface area contributed by atoms with Crippen LogP contribution in [0, 0.1) is 0 Å². The third-order valence-corrected chi connectivity index (χ3v) is 4.46. The number of piperidine rings is 1. The standard InChI is InChI=1S/C17H28N2O/c1-13(2)14-4-6-15(7-5-14)17(12-18)19-10-8-16(20-3)9-11-19/h4-7,13,16-17H,8-12,18H2,1-3H3. The minimum absolute atomic E-state index is 0.342. The lowest BCUT2D eigenvalue weighted by Crippen LogP contribution is -2.41. The maximum Gasteiger partial charge on any atom is 0.0595 e. The number of hydrogen-bond acceptors (Lipinski definition) is 3. The Labute approximate surface area is 123 Å². The third-order valence-electron chi connectivity index (χ3n) is 4.46. The largest absolute Gasteiger partial charge is 0.381 e. The molecule has 0 spiro atoms. The summed E-state index contributed by atoms with van der Waals surface area (Å²) in [6.45, 7) is 7.28. The minimum atomic E-state index is 0.342. The Morgan fingerprint density at radius 3 is 2.15 bits per heavy atom. The maximum absolute atomic E-state index is 6.03. The zero-order valence-corrected chi connectivity index (χ0v) is 13.0. The molecule has 1 aliphatic heterocycles. The average Bonchev–Trinajstić information content (AvgIpc) is 2.49. The molecule has 2 rings (SSSR count). The van der Waals surface area contributed by atoms with Crippen LogP contribution in [0.15, 0.2) is 24.3 Å². The number of benzene rings is 1. The molecular weight excluding hydrogens is 248 g/mol. The van der Waals surface area contributed by atoms with Crippen molar-refractivity contribution in [2.24, 2.45) is 5.73 Å². The Kier molecular flexibility index (Phi) is 5.58. The fourth-order valence-corrected chi connectivity index (χ4v) is 3.02. The molecule has 0 amide bonds. The van der Waals surface area contributed by atoms with E-state index in [2.05, 4.69) is 43.0 Å². The highest BCUT2D eigenvalue weighted by Crippen LogP contribution is 2.26. The van der Waals surface area contributed by atoms with E-state index in [1.165, 1.54) is 11.1 Å². The average molecular weight is 276 g/mol. The lowest BCUT2D eigenvalue weighted by molar-refractivity contribution is 0.0280. The molecule has 20 heavy (non-hydrogen) atoms. The van der Waals surface area contributed by atoms with E-state index in [4.69, 9.17) is 10.5 Å². The van der Waals surface area contributed by atoms with Crippen LogP contribution in [0.1, 0.15) is 49.8 Å². The van der Waals surface area contributed by atoms with Crippen LogP contribution in [-0.2, 0) is 4.74 Å². The Morgan fingerprint density at radius 2 is 1.70 bits per heavy atom. The van der Waals surface area contributed by atoms with Crippen LogP contribution in [0.2, 0.25) is 0 Å². The summed E-state index contributed by atoms with van der Waals surface area (Å²) in [6.07, 6.45) is 2.64. The van der Waals surface area contributed by atoms with Gasteiger partial charge in [-0.15, -0.1) is 0 Å². The minimum Gasteiger partial charge on any atom is -0.381 e. The molecule has 1 fully saturated rings. The van der Waals surface area contributed by atoms with Gasteiger partial charge in [-0.1, -0.05) is 38.1 Å². The van der Waals surface area contributed by atoms with Gasteiger partial charge in [-0.25, -0.2) is 0 Å². The van der Waals surface area contributed by atoms with Gasteiger partial charge in [-0.2, -0.15) is 0 Å². The van der Waals surface area contributed by atoms with Gasteiger partial charge in [0.2, 0.25) is 0 Å². The Morgan fingerprint density at radius 1 is 1.15 bits per heavy atom. The summed E-state index contributed by atoms with van der Waals surface area (Å²) in [6, 6.07) is 9.31. The molecule has 0 aromatic heterocycles. The number of methoxy groups -OCH3 is 1. The monoisotopic (exact) mass is 276 g/mol. The van der Waals surface area contributed by atoms with E-state index in [-0.39, 0.29) is 0 Å². The van der Waals surface area contributed by atoms with Crippen molar-refractivity contribution >= 4 is 0 Å². The van der Waals surface area contributed by atoms with Crippen molar-refractivity contribution in [3.63, 3.8) is 0 Å². The van der Waals surface area contributed by atoms with Crippen LogP contribution < -0.4 is 5.73 Å². The zero-order chi connectivity index (χ0) is 14.5. The first-order valence-corrected chi connectivity index (χ1v) is 7.72. The van der Waals surface area contributed by atoms with Crippen LogP contribution in [0.4, 0.5) is 0 Å². The van der Waals surface area contributed by atoms with Gasteiger partial charge in [0.05, 0.1) is 6.10 Å². The summed E-state index contributed by atoms with van der Waals surface area (Å²) in [5.74, 6) is 0.581. The number of ether oxygens (including phenoxy) is 1. The highest BCUT2D eigenvalue weighted by Gasteiger charge is 2.25. The molecule has 1 aliphatic rings. The molecule has 1 atom stereocenters. The molecule has 1 unspecified atom stereocenters. The van der Waals surface area contributed by atoms with Crippen LogP contribution in [0.25, 0.3) is 0 Å². The van der Waals surface area contributed by atoms with Crippen molar-refractivity contribution in [1.82, 2.24) is 4.90 Å². The summed E-state index contributed by atoms with van der Waals surface area (Å²) in [4.78, 5) is 2.50. The smallest absolute Gasteiger partial charge is 0.0595 e. The van der Waals surface area contributed by atoms with Gasteiger partial charge in [0, 0.05) is 32.8 Å². The van der Waals surface area contributed by atoms with E-state index in [0.29, 0.717) is 24.6 Å². The van der Waals surface area contributed by atoms with Gasteiger partial charge < -0.3 is 10.5 Å². The molecule has 2 N–H and O–H groups in total. The third kappa shape index (κ3) is 3.60. The fourth-order valence-electron chi connectivity index (χ4n) is 3.02. The predicted molar refractivity (Wildman–Crippen MR) is 83.9 cm³/mol. The van der Waals surface area contributed by atoms with Crippen LogP contribution in [0.5, 0.6) is 0 Å². The van der Waals surface area contributed by atoms with Crippen LogP contribution >= 0.6 is 0 Å². The second kappa shape index (κ2) is 7.21. The Balaban J connectivity index is 2.04. The van der Waals surface area contributed by atoms with E-state index in [9.17, 15) is 0 Å². The van der Waals surface area contributed by atoms with Crippen molar-refractivity contribution in [3.05, 3.63) is 35.4 Å². The highest BCUT2D eigenvalue weighted by molar-refractivity contribution is 5.27. The van der Waals surface area contributed by atoms with Gasteiger partial charge in [0.15, 0.2) is 0 Å². The lowest BCUT2D eigenvalue weighted by Gasteiger charge is -2.37. The zero-order valence-electron chi connectivity index (χ0n) is 13.0. The van der Waals surface area contributed by atoms with E-state index in [1.54, 1.807) is 0 Å². The molecule has 112 valence electrons. The van der Waals surface area contributed by atoms with E-state index < -0.39 is 0 Å². The molecule has 1 saturated heterocycles. The number of hydrogen-bond donors (Lipinski definition) is 1. The molecular formula is C17H28N2O. The molecule has 0 aliphatic carbocycles. The number of likely N-dealkylation sites (tertiary alicyclic amines) is 1. The maximum atomic E-state index is 6.03. The molecule has 1 aromatic carbocycles. The molecule has 1 aromatic rings. The van der Waals surface area contributed by atoms with Crippen LogP contribution in [0.3, 0.4) is 0 Å². The normalized spacial score (nSPS) is 19.4. The number of nitrogens with two attached hydrogens (primary N) is 1. The second-order valence-electron chi connectivity index (χ2n) is 6.04. The molecule has 3 nitrogen and oxygen atoms in total. The Bertz CT molecular complexity index is 394. The summed E-state index contributed by atoms with van der Waals surface area (Å²) in [7, 11) is 1.81. The Hall–Kier alpha value is -0.900. The van der Waals surface area contributed by atoms with Crippen molar-refractivity contribution in [1.29, 1.82) is 0 Å². The van der Waals surface area contributed by atoms with Gasteiger partial charge in [-0.3, -0.25) is 4.90 Å². The highest BCUT2D eigenvalue weighted by atomic mass is 16.5. The summed E-state index contributed by atoms with van der Waals surface area (Å²) >= 11 is 0. The lowest BCUT2D eigenvalue weighted by atomic mass is 9.97. The van der Waals surface area contributed by atoms with E-state index in [1.807, 2.05) is 7.11 Å². The number of rotatable bonds is 5. The molecule has 0 bridgehead atoms. The second-order valence-corrected chi connectivity index (χ2v) is 6.04. The first-order chi connectivity index (χ1) is 9.65. The predicted octanol–water partition coefficient (Wildman–Crippen LogP) is 2.92. The van der Waals surface area contributed by atoms with Crippen molar-refractivity contribution in [2.75, 3.05) is 26.7 Å². The SMILES string of the molecule is COC1CCN(C(CN)c2ccc(C(C)C)cc2)CC1. The molecule has 0 saturated carbocycles. The van der Waals surface area contributed by atoms with E-state index >= 15 is 0 Å². The van der Waals surface area contributed by atoms with Gasteiger partial charge in [-0.05, 0) is 29.9 Å². The van der Waals surface area contributed by atoms with E-state index in [0.717, 1.165) is 25.9 Å². The van der Waals surface area contributed by atoms with Gasteiger partial charge in [0.1, 0.15) is 0 Å². The molecule has 3 heteroatoms. The number of nitrogens with zero attached hydrogens (tertiary/aromatic N) is 1. The summed E-state index contributed by atoms with van der Waals surface area (Å²) < 4.78 is 5.44. The quantitative estimate of drug-likeness (QED) is 0.898. The summed E-state index contributed by atoms with van der Waals surface area (Å²) in [5.41, 5.74) is 8.76. The van der Waals surface area contributed by atoms with Crippen LogP contribution in [-0.4, -0.2) is 37.7 Å². The fraction of sp³-hybridized carbons (Fsp3) is 0.647. The van der Waals surface area contributed by atoms with Gasteiger partial charge in [0.25, 0.3) is 0 Å². The van der Waals surface area contributed by atoms with Crippen molar-refractivity contribution in [2.45, 2.75) is 44.8 Å². The topological polar surface area (TPSA) is 38.5 Å².